The van der Waals surface area contributed by atoms with E-state index in [2.05, 4.69) is 24.0 Å². The van der Waals surface area contributed by atoms with Crippen LogP contribution in [-0.2, 0) is 4.74 Å². The standard InChI is InChI=1S/C24H30N4O2S.ClH/c1-18-5-10-21-22(17-18)31-24(25-21)28(12-4-11-27-13-15-30-16-14-27)23(29)19-6-8-20(9-7-19)26(2)3;/h5-10,17H,4,11-16H2,1-3H3;1H. The first-order valence-corrected chi connectivity index (χ1v) is 11.6. The number of halogens is 1. The van der Waals surface area contributed by atoms with Gasteiger partial charge in [0, 0.05) is 51.5 Å². The number of aromatic nitrogens is 1. The first-order valence-electron chi connectivity index (χ1n) is 10.8. The Morgan fingerprint density at radius 1 is 1.12 bits per heavy atom. The smallest absolute Gasteiger partial charge is 0.260 e. The summed E-state index contributed by atoms with van der Waals surface area (Å²) in [5.41, 5.74) is 3.91. The van der Waals surface area contributed by atoms with Gasteiger partial charge in [-0.25, -0.2) is 4.98 Å². The molecule has 0 atom stereocenters. The molecule has 32 heavy (non-hydrogen) atoms. The Bertz CT molecular complexity index is 1030. The number of amides is 1. The summed E-state index contributed by atoms with van der Waals surface area (Å²) >= 11 is 1.59. The van der Waals surface area contributed by atoms with Crippen LogP contribution in [0.15, 0.2) is 42.5 Å². The third kappa shape index (κ3) is 5.78. The predicted octanol–water partition coefficient (Wildman–Crippen LogP) is 4.46. The number of morpholine rings is 1. The van der Waals surface area contributed by atoms with E-state index in [1.807, 2.05) is 54.2 Å². The lowest BCUT2D eigenvalue weighted by molar-refractivity contribution is 0.0376. The van der Waals surface area contributed by atoms with E-state index >= 15 is 0 Å². The summed E-state index contributed by atoms with van der Waals surface area (Å²) < 4.78 is 6.56. The van der Waals surface area contributed by atoms with Gasteiger partial charge in [0.1, 0.15) is 0 Å². The van der Waals surface area contributed by atoms with E-state index in [-0.39, 0.29) is 18.3 Å². The Morgan fingerprint density at radius 3 is 2.53 bits per heavy atom. The molecule has 0 saturated carbocycles. The third-order valence-corrected chi connectivity index (χ3v) is 6.64. The van der Waals surface area contributed by atoms with Crippen LogP contribution in [0.25, 0.3) is 10.2 Å². The summed E-state index contributed by atoms with van der Waals surface area (Å²) in [7, 11) is 4.00. The van der Waals surface area contributed by atoms with Gasteiger partial charge in [0.05, 0.1) is 23.4 Å². The normalized spacial score (nSPS) is 14.2. The molecule has 1 aromatic heterocycles. The molecule has 0 radical (unpaired) electrons. The third-order valence-electron chi connectivity index (χ3n) is 5.60. The second kappa shape index (κ2) is 11.1. The minimum atomic E-state index is 0. The molecule has 0 spiro atoms. The number of carbonyl (C=O) groups is 1. The van der Waals surface area contributed by atoms with Crippen molar-refractivity contribution in [1.29, 1.82) is 0 Å². The van der Waals surface area contributed by atoms with E-state index in [9.17, 15) is 4.79 Å². The van der Waals surface area contributed by atoms with E-state index in [4.69, 9.17) is 9.72 Å². The second-order valence-electron chi connectivity index (χ2n) is 8.17. The van der Waals surface area contributed by atoms with E-state index in [1.165, 1.54) is 5.56 Å². The van der Waals surface area contributed by atoms with Crippen molar-refractivity contribution >= 4 is 50.7 Å². The van der Waals surface area contributed by atoms with Crippen LogP contribution < -0.4 is 9.80 Å². The molecule has 1 amide bonds. The number of nitrogens with zero attached hydrogens (tertiary/aromatic N) is 4. The molecule has 1 aliphatic heterocycles. The summed E-state index contributed by atoms with van der Waals surface area (Å²) in [5, 5.41) is 0.768. The maximum Gasteiger partial charge on any atom is 0.260 e. The zero-order chi connectivity index (χ0) is 21.8. The van der Waals surface area contributed by atoms with Crippen molar-refractivity contribution < 1.29 is 9.53 Å². The molecule has 4 rings (SSSR count). The van der Waals surface area contributed by atoms with Gasteiger partial charge in [0.15, 0.2) is 5.13 Å². The number of anilines is 2. The van der Waals surface area contributed by atoms with Crippen LogP contribution in [0.5, 0.6) is 0 Å². The Kier molecular flexibility index (Phi) is 8.48. The van der Waals surface area contributed by atoms with E-state index in [0.717, 1.165) is 60.3 Å². The highest BCUT2D eigenvalue weighted by Gasteiger charge is 2.22. The number of carbonyl (C=O) groups excluding carboxylic acids is 1. The molecule has 0 bridgehead atoms. The largest absolute Gasteiger partial charge is 0.379 e. The second-order valence-corrected chi connectivity index (χ2v) is 9.18. The molecule has 2 aromatic carbocycles. The summed E-state index contributed by atoms with van der Waals surface area (Å²) in [5.74, 6) is 0.00283. The topological polar surface area (TPSA) is 48.9 Å². The molecule has 6 nitrogen and oxygen atoms in total. The lowest BCUT2D eigenvalue weighted by Gasteiger charge is -2.27. The summed E-state index contributed by atoms with van der Waals surface area (Å²) in [6.45, 7) is 7.18. The van der Waals surface area contributed by atoms with Crippen LogP contribution in [0.1, 0.15) is 22.3 Å². The molecule has 2 heterocycles. The molecule has 0 N–H and O–H groups in total. The van der Waals surface area contributed by atoms with Gasteiger partial charge in [-0.1, -0.05) is 17.4 Å². The van der Waals surface area contributed by atoms with Crippen molar-refractivity contribution in [2.45, 2.75) is 13.3 Å². The summed E-state index contributed by atoms with van der Waals surface area (Å²) in [6.07, 6.45) is 0.899. The maximum atomic E-state index is 13.5. The minimum absolute atomic E-state index is 0. The number of aryl methyl sites for hydroxylation is 1. The molecule has 0 unspecified atom stereocenters. The lowest BCUT2D eigenvalue weighted by Crippen LogP contribution is -2.39. The van der Waals surface area contributed by atoms with Gasteiger partial charge in [0.2, 0.25) is 0 Å². The van der Waals surface area contributed by atoms with Crippen molar-refractivity contribution in [1.82, 2.24) is 9.88 Å². The summed E-state index contributed by atoms with van der Waals surface area (Å²) in [6, 6.07) is 14.0. The van der Waals surface area contributed by atoms with Crippen LogP contribution in [0.3, 0.4) is 0 Å². The van der Waals surface area contributed by atoms with Gasteiger partial charge in [0.25, 0.3) is 5.91 Å². The molecular weight excluding hydrogens is 444 g/mol. The fourth-order valence-electron chi connectivity index (χ4n) is 3.75. The number of benzene rings is 2. The van der Waals surface area contributed by atoms with Crippen LogP contribution >= 0.6 is 23.7 Å². The number of fused-ring (bicyclic) bond motifs is 1. The van der Waals surface area contributed by atoms with Gasteiger partial charge < -0.3 is 9.64 Å². The number of thiazole rings is 1. The SMILES string of the molecule is Cc1ccc2nc(N(CCCN3CCOCC3)C(=O)c3ccc(N(C)C)cc3)sc2c1.Cl. The fraction of sp³-hybridized carbons (Fsp3) is 0.417. The van der Waals surface area contributed by atoms with E-state index in [1.54, 1.807) is 11.3 Å². The van der Waals surface area contributed by atoms with Gasteiger partial charge in [-0.2, -0.15) is 0 Å². The van der Waals surface area contributed by atoms with Crippen molar-refractivity contribution in [3.8, 4) is 0 Å². The Hall–Kier alpha value is -2.19. The van der Waals surface area contributed by atoms with E-state index in [0.29, 0.717) is 12.1 Å². The quantitative estimate of drug-likeness (QED) is 0.506. The highest BCUT2D eigenvalue weighted by Crippen LogP contribution is 2.31. The average Bonchev–Trinajstić information content (AvgIpc) is 3.20. The molecule has 0 aliphatic carbocycles. The first kappa shape index (κ1) is 24.5. The molecule has 1 saturated heterocycles. The number of rotatable bonds is 7. The predicted molar refractivity (Wildman–Crippen MR) is 136 cm³/mol. The van der Waals surface area contributed by atoms with Crippen LogP contribution in [0, 0.1) is 6.92 Å². The van der Waals surface area contributed by atoms with Crippen LogP contribution in [0.4, 0.5) is 10.8 Å². The Balaban J connectivity index is 0.00000289. The molecule has 8 heteroatoms. The first-order chi connectivity index (χ1) is 15.0. The van der Waals surface area contributed by atoms with Crippen molar-refractivity contribution in [2.24, 2.45) is 0 Å². The van der Waals surface area contributed by atoms with Crippen molar-refractivity contribution in [3.05, 3.63) is 53.6 Å². The maximum absolute atomic E-state index is 13.5. The zero-order valence-electron chi connectivity index (χ0n) is 18.9. The molecule has 1 aliphatic rings. The van der Waals surface area contributed by atoms with Crippen molar-refractivity contribution in [3.63, 3.8) is 0 Å². The fourth-order valence-corrected chi connectivity index (χ4v) is 4.84. The van der Waals surface area contributed by atoms with Crippen LogP contribution in [0.2, 0.25) is 0 Å². The minimum Gasteiger partial charge on any atom is -0.379 e. The highest BCUT2D eigenvalue weighted by atomic mass is 35.5. The van der Waals surface area contributed by atoms with Crippen LogP contribution in [-0.4, -0.2) is 69.3 Å². The van der Waals surface area contributed by atoms with Gasteiger partial charge in [-0.15, -0.1) is 12.4 Å². The Morgan fingerprint density at radius 2 is 1.84 bits per heavy atom. The molecular formula is C24H31ClN4O2S. The van der Waals surface area contributed by atoms with E-state index < -0.39 is 0 Å². The number of hydrogen-bond donors (Lipinski definition) is 0. The lowest BCUT2D eigenvalue weighted by atomic mass is 10.1. The number of hydrogen-bond acceptors (Lipinski definition) is 6. The van der Waals surface area contributed by atoms with Gasteiger partial charge in [-0.05, 0) is 55.3 Å². The van der Waals surface area contributed by atoms with Gasteiger partial charge in [-0.3, -0.25) is 14.6 Å². The number of ether oxygens (including phenoxy) is 1. The Labute approximate surface area is 200 Å². The molecule has 1 fully saturated rings. The molecule has 3 aromatic rings. The zero-order valence-corrected chi connectivity index (χ0v) is 20.5. The van der Waals surface area contributed by atoms with Gasteiger partial charge >= 0.3 is 0 Å². The highest BCUT2D eigenvalue weighted by molar-refractivity contribution is 7.22. The average molecular weight is 475 g/mol. The molecule has 172 valence electrons. The van der Waals surface area contributed by atoms with Crippen molar-refractivity contribution in [2.75, 3.05) is 63.3 Å². The monoisotopic (exact) mass is 474 g/mol. The summed E-state index contributed by atoms with van der Waals surface area (Å²) in [4.78, 5) is 24.6.